The van der Waals surface area contributed by atoms with E-state index in [1.165, 1.54) is 23.9 Å². The van der Waals surface area contributed by atoms with E-state index in [0.29, 0.717) is 16.5 Å². The van der Waals surface area contributed by atoms with Crippen LogP contribution in [0.15, 0.2) is 29.1 Å². The molecule has 5 heteroatoms. The Kier molecular flexibility index (Phi) is 4.97. The summed E-state index contributed by atoms with van der Waals surface area (Å²) in [5.41, 5.74) is 0.225. The van der Waals surface area contributed by atoms with Crippen molar-refractivity contribution in [3.63, 3.8) is 0 Å². The zero-order valence-corrected chi connectivity index (χ0v) is 14.5. The average Bonchev–Trinajstić information content (AvgIpc) is 2.84. The lowest BCUT2D eigenvalue weighted by Crippen LogP contribution is -2.34. The summed E-state index contributed by atoms with van der Waals surface area (Å²) >= 11 is 0. The van der Waals surface area contributed by atoms with Crippen molar-refractivity contribution in [3.05, 3.63) is 40.3 Å². The second kappa shape index (κ2) is 7.16. The maximum absolute atomic E-state index is 13.0. The maximum Gasteiger partial charge on any atom is 0.274 e. The summed E-state index contributed by atoms with van der Waals surface area (Å²) in [5.74, 6) is 0.664. The van der Waals surface area contributed by atoms with Crippen molar-refractivity contribution >= 4 is 16.7 Å². The first-order valence-electron chi connectivity index (χ1n) is 8.87. The summed E-state index contributed by atoms with van der Waals surface area (Å²) in [6.45, 7) is 3.77. The molecule has 3 rings (SSSR count). The van der Waals surface area contributed by atoms with E-state index < -0.39 is 0 Å². The van der Waals surface area contributed by atoms with Gasteiger partial charge in [-0.2, -0.15) is 5.10 Å². The van der Waals surface area contributed by atoms with Gasteiger partial charge >= 0.3 is 0 Å². The fourth-order valence-electron chi connectivity index (χ4n) is 3.67. The van der Waals surface area contributed by atoms with E-state index in [9.17, 15) is 9.59 Å². The van der Waals surface area contributed by atoms with Crippen LogP contribution in [0.1, 0.15) is 49.5 Å². The number of benzene rings is 1. The standard InChI is InChI=1S/C19H25N3O2/c1-3-7-14-8-6-12-22(13-11-14)19(24)17-15-9-4-5-10-16(15)18(23)21(2)20-17/h4-5,9-10,14H,3,6-8,11-13H2,1-2H3/t14-/m1/s1. The molecule has 128 valence electrons. The molecule has 0 saturated carbocycles. The van der Waals surface area contributed by atoms with Crippen molar-refractivity contribution in [2.75, 3.05) is 13.1 Å². The van der Waals surface area contributed by atoms with Crippen LogP contribution >= 0.6 is 0 Å². The Balaban J connectivity index is 1.92. The number of hydrogen-bond acceptors (Lipinski definition) is 3. The number of amides is 1. The predicted molar refractivity (Wildman–Crippen MR) is 95.1 cm³/mol. The van der Waals surface area contributed by atoms with Crippen LogP contribution in [0.5, 0.6) is 0 Å². The predicted octanol–water partition coefficient (Wildman–Crippen LogP) is 2.98. The summed E-state index contributed by atoms with van der Waals surface area (Å²) in [6.07, 6.45) is 5.73. The van der Waals surface area contributed by atoms with Crippen LogP contribution in [0.25, 0.3) is 10.8 Å². The lowest BCUT2D eigenvalue weighted by molar-refractivity contribution is 0.0753. The van der Waals surface area contributed by atoms with Crippen molar-refractivity contribution in [2.45, 2.75) is 39.0 Å². The fourth-order valence-corrected chi connectivity index (χ4v) is 3.67. The van der Waals surface area contributed by atoms with Gasteiger partial charge in [-0.3, -0.25) is 9.59 Å². The van der Waals surface area contributed by atoms with Crippen LogP contribution in [-0.2, 0) is 7.05 Å². The van der Waals surface area contributed by atoms with Crippen LogP contribution in [0.2, 0.25) is 0 Å². The normalized spacial score (nSPS) is 18.6. The lowest BCUT2D eigenvalue weighted by atomic mass is 9.96. The maximum atomic E-state index is 13.0. The van der Waals surface area contributed by atoms with Crippen LogP contribution < -0.4 is 5.56 Å². The molecule has 1 fully saturated rings. The van der Waals surface area contributed by atoms with E-state index in [4.69, 9.17) is 0 Å². The molecule has 0 aliphatic carbocycles. The summed E-state index contributed by atoms with van der Waals surface area (Å²) in [6, 6.07) is 7.24. The molecular weight excluding hydrogens is 302 g/mol. The number of aromatic nitrogens is 2. The van der Waals surface area contributed by atoms with Crippen LogP contribution in [0.3, 0.4) is 0 Å². The van der Waals surface area contributed by atoms with Gasteiger partial charge < -0.3 is 4.90 Å². The summed E-state index contributed by atoms with van der Waals surface area (Å²) < 4.78 is 1.27. The molecule has 0 unspecified atom stereocenters. The second-order valence-electron chi connectivity index (χ2n) is 6.70. The molecule has 0 bridgehead atoms. The van der Waals surface area contributed by atoms with Crippen LogP contribution in [0, 0.1) is 5.92 Å². The third kappa shape index (κ3) is 3.21. The first kappa shape index (κ1) is 16.7. The molecular formula is C19H25N3O2. The Morgan fingerprint density at radius 3 is 2.71 bits per heavy atom. The highest BCUT2D eigenvalue weighted by atomic mass is 16.2. The van der Waals surface area contributed by atoms with Gasteiger partial charge in [0.2, 0.25) is 0 Å². The Labute approximate surface area is 142 Å². The zero-order chi connectivity index (χ0) is 17.1. The van der Waals surface area contributed by atoms with E-state index in [1.807, 2.05) is 23.1 Å². The van der Waals surface area contributed by atoms with Gasteiger partial charge in [-0.15, -0.1) is 0 Å². The molecule has 0 spiro atoms. The van der Waals surface area contributed by atoms with Gasteiger partial charge in [-0.05, 0) is 31.2 Å². The molecule has 0 radical (unpaired) electrons. The Hall–Kier alpha value is -2.17. The average molecular weight is 327 g/mol. The zero-order valence-electron chi connectivity index (χ0n) is 14.5. The number of hydrogen-bond donors (Lipinski definition) is 0. The Morgan fingerprint density at radius 2 is 1.96 bits per heavy atom. The summed E-state index contributed by atoms with van der Waals surface area (Å²) in [4.78, 5) is 27.2. The molecule has 1 aromatic heterocycles. The number of likely N-dealkylation sites (tertiary alicyclic amines) is 1. The number of fused-ring (bicyclic) bond motifs is 1. The first-order chi connectivity index (χ1) is 11.6. The molecule has 2 aromatic rings. The molecule has 5 nitrogen and oxygen atoms in total. The van der Waals surface area contributed by atoms with Gasteiger partial charge in [-0.25, -0.2) is 4.68 Å². The number of carbonyl (C=O) groups excluding carboxylic acids is 1. The Bertz CT molecular complexity index is 797. The summed E-state index contributed by atoms with van der Waals surface area (Å²) in [5, 5.41) is 5.48. The molecule has 24 heavy (non-hydrogen) atoms. The van der Waals surface area contributed by atoms with Gasteiger partial charge in [0.05, 0.1) is 5.39 Å². The van der Waals surface area contributed by atoms with Crippen LogP contribution in [0.4, 0.5) is 0 Å². The summed E-state index contributed by atoms with van der Waals surface area (Å²) in [7, 11) is 1.60. The minimum atomic E-state index is -0.166. The molecule has 1 amide bonds. The minimum Gasteiger partial charge on any atom is -0.337 e. The van der Waals surface area contributed by atoms with Crippen molar-refractivity contribution < 1.29 is 4.79 Å². The highest BCUT2D eigenvalue weighted by molar-refractivity contribution is 6.04. The van der Waals surface area contributed by atoms with Crippen LogP contribution in [-0.4, -0.2) is 33.7 Å². The quantitative estimate of drug-likeness (QED) is 0.871. The third-order valence-electron chi connectivity index (χ3n) is 4.99. The molecule has 2 heterocycles. The van der Waals surface area contributed by atoms with E-state index in [0.717, 1.165) is 31.8 Å². The highest BCUT2D eigenvalue weighted by Crippen LogP contribution is 2.23. The lowest BCUT2D eigenvalue weighted by Gasteiger charge is -2.21. The third-order valence-corrected chi connectivity index (χ3v) is 4.99. The van der Waals surface area contributed by atoms with Gasteiger partial charge in [0, 0.05) is 25.5 Å². The first-order valence-corrected chi connectivity index (χ1v) is 8.87. The largest absolute Gasteiger partial charge is 0.337 e. The SMILES string of the molecule is CCC[C@@H]1CCCN(C(=O)c2nn(C)c(=O)c3ccccc23)CC1. The van der Waals surface area contributed by atoms with Crippen molar-refractivity contribution in [3.8, 4) is 0 Å². The molecule has 1 saturated heterocycles. The number of carbonyl (C=O) groups is 1. The molecule has 1 aliphatic heterocycles. The smallest absolute Gasteiger partial charge is 0.274 e. The minimum absolute atomic E-state index is 0.0565. The molecule has 1 aliphatic rings. The molecule has 1 atom stereocenters. The second-order valence-corrected chi connectivity index (χ2v) is 6.70. The Morgan fingerprint density at radius 1 is 1.21 bits per heavy atom. The number of nitrogens with zero attached hydrogens (tertiary/aromatic N) is 3. The highest BCUT2D eigenvalue weighted by Gasteiger charge is 2.24. The van der Waals surface area contributed by atoms with Crippen molar-refractivity contribution in [1.29, 1.82) is 0 Å². The fraction of sp³-hybridized carbons (Fsp3) is 0.526. The molecule has 0 N–H and O–H groups in total. The van der Waals surface area contributed by atoms with Gasteiger partial charge in [0.25, 0.3) is 11.5 Å². The van der Waals surface area contributed by atoms with Gasteiger partial charge in [0.15, 0.2) is 5.69 Å². The van der Waals surface area contributed by atoms with Gasteiger partial charge in [0.1, 0.15) is 0 Å². The van der Waals surface area contributed by atoms with E-state index >= 15 is 0 Å². The topological polar surface area (TPSA) is 55.2 Å². The van der Waals surface area contributed by atoms with E-state index in [1.54, 1.807) is 13.1 Å². The van der Waals surface area contributed by atoms with Gasteiger partial charge in [-0.1, -0.05) is 38.0 Å². The van der Waals surface area contributed by atoms with E-state index in [2.05, 4.69) is 12.0 Å². The number of rotatable bonds is 3. The molecule has 1 aromatic carbocycles. The van der Waals surface area contributed by atoms with Crippen molar-refractivity contribution in [2.24, 2.45) is 13.0 Å². The monoisotopic (exact) mass is 327 g/mol. The van der Waals surface area contributed by atoms with Crippen molar-refractivity contribution in [1.82, 2.24) is 14.7 Å². The number of aryl methyl sites for hydroxylation is 1. The van der Waals surface area contributed by atoms with E-state index in [-0.39, 0.29) is 11.5 Å².